The molecule has 0 saturated carbocycles. The summed E-state index contributed by atoms with van der Waals surface area (Å²) in [5.74, 6) is 0. The van der Waals surface area contributed by atoms with Crippen molar-refractivity contribution in [3.05, 3.63) is 0 Å². The van der Waals surface area contributed by atoms with Crippen LogP contribution in [0.25, 0.3) is 0 Å². The first kappa shape index (κ1) is 40.7. The summed E-state index contributed by atoms with van der Waals surface area (Å²) in [5.41, 5.74) is 0. The molecule has 0 fully saturated rings. The van der Waals surface area contributed by atoms with Crippen LogP contribution in [0.3, 0.4) is 0 Å². The molecule has 0 saturated heterocycles. The highest BCUT2D eigenvalue weighted by Gasteiger charge is 2.08. The van der Waals surface area contributed by atoms with E-state index in [2.05, 4.69) is 23.6 Å². The van der Waals surface area contributed by atoms with Gasteiger partial charge in [0.1, 0.15) is 13.6 Å². The Morgan fingerprint density at radius 1 is 0.366 bits per heavy atom. The van der Waals surface area contributed by atoms with Crippen LogP contribution in [0.15, 0.2) is 0 Å². The van der Waals surface area contributed by atoms with Gasteiger partial charge in [-0.1, -0.05) is 78.1 Å². The summed E-state index contributed by atoms with van der Waals surface area (Å²) >= 11 is 0. The molecular weight excluding hydrogens is 520 g/mol. The lowest BCUT2D eigenvalue weighted by Gasteiger charge is -2.25. The predicted molar refractivity (Wildman–Crippen MR) is 170 cm³/mol. The molecule has 0 aromatic heterocycles. The molecule has 41 heavy (non-hydrogen) atoms. The topological polar surface area (TPSA) is 83.9 Å². The number of nitrogens with zero attached hydrogens (tertiary/aromatic N) is 2. The number of aliphatic hydroxyl groups excluding tert-OH is 2. The van der Waals surface area contributed by atoms with E-state index in [1.54, 1.807) is 0 Å². The summed E-state index contributed by atoms with van der Waals surface area (Å²) in [5, 5.41) is 18.6. The molecule has 0 bridgehead atoms. The van der Waals surface area contributed by atoms with Gasteiger partial charge in [-0.05, 0) is 71.1 Å². The fourth-order valence-electron chi connectivity index (χ4n) is 4.87. The maximum absolute atomic E-state index is 9.28. The van der Waals surface area contributed by atoms with Gasteiger partial charge in [0.25, 0.3) is 0 Å². The summed E-state index contributed by atoms with van der Waals surface area (Å²) in [6.45, 7) is 14.4. The van der Waals surface area contributed by atoms with E-state index in [0.29, 0.717) is 26.7 Å². The van der Waals surface area contributed by atoms with Gasteiger partial charge in [-0.2, -0.15) is 0 Å². The van der Waals surface area contributed by atoms with Crippen molar-refractivity contribution in [3.8, 4) is 0 Å². The Kier molecular flexibility index (Phi) is 35.6. The zero-order valence-corrected chi connectivity index (χ0v) is 27.3. The van der Waals surface area contributed by atoms with E-state index in [0.717, 1.165) is 84.7 Å². The molecule has 0 amide bonds. The fourth-order valence-corrected chi connectivity index (χ4v) is 4.87. The standard InChI is InChI=1S/C33H70N2O6/c1-3-5-7-15-28-38-32-40-30-17-11-9-13-20-34(22-19-23-35(24-26-36)25-27-37)21-14-10-12-18-31-41-33-39-29-16-8-6-4-2/h36-37H,3-33H2,1-2H3. The Labute approximate surface area is 254 Å². The number of rotatable bonds is 36. The number of hydrogen-bond donors (Lipinski definition) is 2. The lowest BCUT2D eigenvalue weighted by atomic mass is 10.1. The number of unbranched alkanes of at least 4 members (excludes halogenated alkanes) is 12. The monoisotopic (exact) mass is 591 g/mol. The van der Waals surface area contributed by atoms with E-state index in [4.69, 9.17) is 18.9 Å². The van der Waals surface area contributed by atoms with Crippen LogP contribution < -0.4 is 0 Å². The Balaban J connectivity index is 3.97. The third-order valence-corrected chi connectivity index (χ3v) is 7.42. The summed E-state index contributed by atoms with van der Waals surface area (Å²) in [6, 6.07) is 0. The number of aliphatic hydroxyl groups is 2. The Morgan fingerprint density at radius 3 is 1.05 bits per heavy atom. The first-order valence-electron chi connectivity index (χ1n) is 17.3. The van der Waals surface area contributed by atoms with Gasteiger partial charge in [-0.3, -0.25) is 4.90 Å². The van der Waals surface area contributed by atoms with Gasteiger partial charge in [0.15, 0.2) is 0 Å². The second kappa shape index (κ2) is 35.9. The van der Waals surface area contributed by atoms with Crippen LogP contribution in [0, 0.1) is 0 Å². The van der Waals surface area contributed by atoms with E-state index in [9.17, 15) is 10.2 Å². The second-order valence-corrected chi connectivity index (χ2v) is 11.3. The van der Waals surface area contributed by atoms with Crippen LogP contribution in [-0.2, 0) is 18.9 Å². The number of hydrogen-bond acceptors (Lipinski definition) is 8. The molecule has 0 rings (SSSR count). The van der Waals surface area contributed by atoms with Gasteiger partial charge in [0, 0.05) is 39.5 Å². The molecule has 8 nitrogen and oxygen atoms in total. The zero-order chi connectivity index (χ0) is 29.9. The SMILES string of the molecule is CCCCCCOCOCCCCCCN(CCCCCCOCOCCCCCC)CCCN(CCO)CCO. The van der Waals surface area contributed by atoms with E-state index in [1.165, 1.54) is 77.0 Å². The smallest absolute Gasteiger partial charge is 0.146 e. The van der Waals surface area contributed by atoms with Crippen molar-refractivity contribution >= 4 is 0 Å². The molecule has 0 aliphatic carbocycles. The highest BCUT2D eigenvalue weighted by Crippen LogP contribution is 2.08. The fraction of sp³-hybridized carbons (Fsp3) is 1.00. The molecule has 0 aliphatic rings. The quantitative estimate of drug-likeness (QED) is 0.0657. The van der Waals surface area contributed by atoms with E-state index >= 15 is 0 Å². The first-order valence-corrected chi connectivity index (χ1v) is 17.3. The number of ether oxygens (including phenoxy) is 4. The van der Waals surface area contributed by atoms with E-state index < -0.39 is 0 Å². The van der Waals surface area contributed by atoms with Gasteiger partial charge in [-0.25, -0.2) is 0 Å². The average Bonchev–Trinajstić information content (AvgIpc) is 2.97. The van der Waals surface area contributed by atoms with Crippen molar-refractivity contribution in [1.82, 2.24) is 9.80 Å². The molecular formula is C33H70N2O6. The maximum atomic E-state index is 9.28. The predicted octanol–water partition coefficient (Wildman–Crippen LogP) is 6.23. The van der Waals surface area contributed by atoms with Gasteiger partial charge in [-0.15, -0.1) is 0 Å². The molecule has 8 heteroatoms. The molecule has 0 aromatic carbocycles. The minimum absolute atomic E-state index is 0.146. The molecule has 0 radical (unpaired) electrons. The Bertz CT molecular complexity index is 439. The molecule has 0 aliphatic heterocycles. The van der Waals surface area contributed by atoms with Crippen LogP contribution >= 0.6 is 0 Å². The summed E-state index contributed by atoms with van der Waals surface area (Å²) in [6.07, 6.45) is 20.4. The van der Waals surface area contributed by atoms with Gasteiger partial charge < -0.3 is 34.1 Å². The summed E-state index contributed by atoms with van der Waals surface area (Å²) in [7, 11) is 0. The van der Waals surface area contributed by atoms with Crippen molar-refractivity contribution in [2.45, 2.75) is 123 Å². The van der Waals surface area contributed by atoms with Crippen LogP contribution in [0.5, 0.6) is 0 Å². The molecule has 2 N–H and O–H groups in total. The van der Waals surface area contributed by atoms with Crippen LogP contribution in [-0.4, -0.2) is 113 Å². The Morgan fingerprint density at radius 2 is 0.683 bits per heavy atom. The van der Waals surface area contributed by atoms with Crippen LogP contribution in [0.1, 0.15) is 123 Å². The van der Waals surface area contributed by atoms with Gasteiger partial charge in [0.2, 0.25) is 0 Å². The Hall–Kier alpha value is -0.320. The third kappa shape index (κ3) is 32.4. The van der Waals surface area contributed by atoms with E-state index in [1.807, 2.05) is 0 Å². The summed E-state index contributed by atoms with van der Waals surface area (Å²) in [4.78, 5) is 4.77. The summed E-state index contributed by atoms with van der Waals surface area (Å²) < 4.78 is 22.4. The average molecular weight is 591 g/mol. The van der Waals surface area contributed by atoms with Gasteiger partial charge in [0.05, 0.1) is 13.2 Å². The molecule has 248 valence electrons. The minimum Gasteiger partial charge on any atom is -0.395 e. The lowest BCUT2D eigenvalue weighted by Crippen LogP contribution is -2.34. The van der Waals surface area contributed by atoms with Gasteiger partial charge >= 0.3 is 0 Å². The molecule has 0 atom stereocenters. The second-order valence-electron chi connectivity index (χ2n) is 11.3. The van der Waals surface area contributed by atoms with Crippen molar-refractivity contribution in [2.24, 2.45) is 0 Å². The first-order chi connectivity index (χ1) is 20.3. The van der Waals surface area contributed by atoms with Crippen molar-refractivity contribution < 1.29 is 29.2 Å². The van der Waals surface area contributed by atoms with Crippen molar-refractivity contribution in [1.29, 1.82) is 0 Å². The maximum Gasteiger partial charge on any atom is 0.146 e. The zero-order valence-electron chi connectivity index (χ0n) is 27.3. The third-order valence-electron chi connectivity index (χ3n) is 7.42. The minimum atomic E-state index is 0.146. The largest absolute Gasteiger partial charge is 0.395 e. The molecule has 0 unspecified atom stereocenters. The highest BCUT2D eigenvalue weighted by molar-refractivity contribution is 4.63. The van der Waals surface area contributed by atoms with E-state index in [-0.39, 0.29) is 13.2 Å². The van der Waals surface area contributed by atoms with Crippen molar-refractivity contribution in [2.75, 3.05) is 92.5 Å². The van der Waals surface area contributed by atoms with Crippen molar-refractivity contribution in [3.63, 3.8) is 0 Å². The normalized spacial score (nSPS) is 11.9. The van der Waals surface area contributed by atoms with Crippen LogP contribution in [0.4, 0.5) is 0 Å². The van der Waals surface area contributed by atoms with Crippen LogP contribution in [0.2, 0.25) is 0 Å². The molecule has 0 heterocycles. The lowest BCUT2D eigenvalue weighted by molar-refractivity contribution is -0.0557. The molecule has 0 spiro atoms. The molecule has 0 aromatic rings. The highest BCUT2D eigenvalue weighted by atomic mass is 16.7.